The molecule has 3 nitrogen and oxygen atoms in total. The summed E-state index contributed by atoms with van der Waals surface area (Å²) in [7, 11) is 0. The zero-order chi connectivity index (χ0) is 12.4. The van der Waals surface area contributed by atoms with Gasteiger partial charge in [-0.3, -0.25) is 0 Å². The highest BCUT2D eigenvalue weighted by atomic mass is 19.1. The Morgan fingerprint density at radius 2 is 2.18 bits per heavy atom. The van der Waals surface area contributed by atoms with Gasteiger partial charge in [-0.2, -0.15) is 0 Å². The lowest BCUT2D eigenvalue weighted by molar-refractivity contribution is 0.475. The minimum Gasteiger partial charge on any atom is -0.507 e. The second kappa shape index (κ2) is 4.75. The molecular weight excluding hydrogens is 219 g/mol. The summed E-state index contributed by atoms with van der Waals surface area (Å²) >= 11 is 0. The number of aromatic nitrogens is 1. The van der Waals surface area contributed by atoms with E-state index in [1.54, 1.807) is 0 Å². The number of halogens is 1. The van der Waals surface area contributed by atoms with Crippen molar-refractivity contribution >= 4 is 10.9 Å². The first-order valence-electron chi connectivity index (χ1n) is 5.87. The molecule has 92 valence electrons. The van der Waals surface area contributed by atoms with Crippen molar-refractivity contribution in [3.8, 4) is 5.75 Å². The zero-order valence-electron chi connectivity index (χ0n) is 9.91. The van der Waals surface area contributed by atoms with E-state index in [2.05, 4.69) is 6.92 Å². The Morgan fingerprint density at radius 1 is 1.41 bits per heavy atom. The van der Waals surface area contributed by atoms with E-state index in [0.717, 1.165) is 35.5 Å². The molecule has 0 aliphatic carbocycles. The molecule has 17 heavy (non-hydrogen) atoms. The average Bonchev–Trinajstić information content (AvgIpc) is 2.58. The van der Waals surface area contributed by atoms with Crippen LogP contribution in [0.3, 0.4) is 0 Å². The minimum absolute atomic E-state index is 0.00157. The minimum atomic E-state index is -0.412. The number of nitrogens with zero attached hydrogens (tertiary/aromatic N) is 1. The van der Waals surface area contributed by atoms with Gasteiger partial charge in [-0.05, 0) is 31.0 Å². The third-order valence-corrected chi connectivity index (χ3v) is 2.88. The fourth-order valence-corrected chi connectivity index (χ4v) is 2.23. The van der Waals surface area contributed by atoms with E-state index < -0.39 is 5.82 Å². The molecule has 1 heterocycles. The van der Waals surface area contributed by atoms with E-state index in [9.17, 15) is 9.50 Å². The molecule has 0 spiro atoms. The van der Waals surface area contributed by atoms with E-state index in [1.807, 2.05) is 10.8 Å². The normalized spacial score (nSPS) is 11.2. The van der Waals surface area contributed by atoms with E-state index >= 15 is 0 Å². The van der Waals surface area contributed by atoms with Crippen LogP contribution in [0.15, 0.2) is 18.3 Å². The number of rotatable bonds is 4. The number of hydrogen-bond donors (Lipinski definition) is 2. The molecule has 4 heteroatoms. The Balaban J connectivity index is 2.67. The van der Waals surface area contributed by atoms with Crippen LogP contribution >= 0.6 is 0 Å². The monoisotopic (exact) mass is 236 g/mol. The molecule has 1 aromatic heterocycles. The van der Waals surface area contributed by atoms with Gasteiger partial charge in [0.2, 0.25) is 0 Å². The van der Waals surface area contributed by atoms with Crippen LogP contribution in [0, 0.1) is 5.82 Å². The summed E-state index contributed by atoms with van der Waals surface area (Å²) < 4.78 is 15.3. The Bertz CT molecular complexity index is 534. The average molecular weight is 236 g/mol. The quantitative estimate of drug-likeness (QED) is 0.856. The van der Waals surface area contributed by atoms with Crippen molar-refractivity contribution in [2.75, 3.05) is 6.54 Å². The van der Waals surface area contributed by atoms with Crippen molar-refractivity contribution in [2.45, 2.75) is 26.3 Å². The molecule has 0 fully saturated rings. The van der Waals surface area contributed by atoms with Crippen LogP contribution in [-0.2, 0) is 13.0 Å². The summed E-state index contributed by atoms with van der Waals surface area (Å²) in [4.78, 5) is 0. The largest absolute Gasteiger partial charge is 0.507 e. The summed E-state index contributed by atoms with van der Waals surface area (Å²) in [6, 6.07) is 2.61. The zero-order valence-corrected chi connectivity index (χ0v) is 9.91. The van der Waals surface area contributed by atoms with Gasteiger partial charge >= 0.3 is 0 Å². The topological polar surface area (TPSA) is 51.2 Å². The molecule has 0 aliphatic rings. The number of hydrogen-bond acceptors (Lipinski definition) is 2. The number of fused-ring (bicyclic) bond motifs is 1. The SMILES string of the molecule is CCCn1cc(CCN)c2c(O)cc(F)cc21. The van der Waals surface area contributed by atoms with Crippen LogP contribution in [0.25, 0.3) is 10.9 Å². The third kappa shape index (κ3) is 2.13. The lowest BCUT2D eigenvalue weighted by atomic mass is 10.1. The van der Waals surface area contributed by atoms with Crippen molar-refractivity contribution in [3.05, 3.63) is 29.7 Å². The lowest BCUT2D eigenvalue weighted by Gasteiger charge is -2.03. The summed E-state index contributed by atoms with van der Waals surface area (Å²) in [5.74, 6) is -0.414. The van der Waals surface area contributed by atoms with Gasteiger partial charge in [0.05, 0.1) is 5.52 Å². The second-order valence-electron chi connectivity index (χ2n) is 4.21. The highest BCUT2D eigenvalue weighted by molar-refractivity contribution is 5.89. The van der Waals surface area contributed by atoms with E-state index in [4.69, 9.17) is 5.73 Å². The van der Waals surface area contributed by atoms with Crippen LogP contribution in [0.5, 0.6) is 5.75 Å². The predicted octanol–water partition coefficient (Wildman–Crippen LogP) is 2.40. The highest BCUT2D eigenvalue weighted by Crippen LogP contribution is 2.31. The standard InChI is InChI=1S/C13H17FN2O/c1-2-5-16-8-9(3-4-15)13-11(16)6-10(14)7-12(13)17/h6-8,17H,2-5,15H2,1H3. The second-order valence-corrected chi connectivity index (χ2v) is 4.21. The first kappa shape index (κ1) is 11.9. The van der Waals surface area contributed by atoms with Crippen LogP contribution in [0.4, 0.5) is 4.39 Å². The number of phenols is 1. The molecule has 0 unspecified atom stereocenters. The number of aromatic hydroxyl groups is 1. The summed E-state index contributed by atoms with van der Waals surface area (Å²) in [5, 5.41) is 10.6. The molecule has 1 aromatic carbocycles. The molecule has 3 N–H and O–H groups in total. The molecule has 0 radical (unpaired) electrons. The number of nitrogens with two attached hydrogens (primary N) is 1. The Kier molecular flexibility index (Phi) is 3.33. The van der Waals surface area contributed by atoms with Crippen LogP contribution in [0.2, 0.25) is 0 Å². The fraction of sp³-hybridized carbons (Fsp3) is 0.385. The maximum Gasteiger partial charge on any atom is 0.129 e. The van der Waals surface area contributed by atoms with Gasteiger partial charge in [-0.15, -0.1) is 0 Å². The molecule has 0 saturated heterocycles. The molecule has 0 bridgehead atoms. The van der Waals surface area contributed by atoms with Crippen molar-refractivity contribution in [2.24, 2.45) is 5.73 Å². The number of phenolic OH excluding ortho intramolecular Hbond substituents is 1. The van der Waals surface area contributed by atoms with Gasteiger partial charge < -0.3 is 15.4 Å². The van der Waals surface area contributed by atoms with Gasteiger partial charge in [0.1, 0.15) is 11.6 Å². The van der Waals surface area contributed by atoms with Gasteiger partial charge in [-0.1, -0.05) is 6.92 Å². The third-order valence-electron chi connectivity index (χ3n) is 2.88. The van der Waals surface area contributed by atoms with Crippen molar-refractivity contribution in [1.82, 2.24) is 4.57 Å². The Morgan fingerprint density at radius 3 is 2.82 bits per heavy atom. The first-order valence-corrected chi connectivity index (χ1v) is 5.87. The van der Waals surface area contributed by atoms with Gasteiger partial charge in [0.25, 0.3) is 0 Å². The Labute approximate surface area is 99.7 Å². The van der Waals surface area contributed by atoms with Crippen molar-refractivity contribution < 1.29 is 9.50 Å². The van der Waals surface area contributed by atoms with Crippen LogP contribution in [-0.4, -0.2) is 16.2 Å². The molecule has 0 amide bonds. The molecule has 0 atom stereocenters. The smallest absolute Gasteiger partial charge is 0.129 e. The lowest BCUT2D eigenvalue weighted by Crippen LogP contribution is -2.02. The maximum atomic E-state index is 13.3. The summed E-state index contributed by atoms with van der Waals surface area (Å²) in [6.45, 7) is 3.39. The van der Waals surface area contributed by atoms with Gasteiger partial charge in [-0.25, -0.2) is 4.39 Å². The van der Waals surface area contributed by atoms with Crippen molar-refractivity contribution in [1.29, 1.82) is 0 Å². The van der Waals surface area contributed by atoms with Gasteiger partial charge in [0.15, 0.2) is 0 Å². The van der Waals surface area contributed by atoms with Crippen LogP contribution in [0.1, 0.15) is 18.9 Å². The molecule has 0 saturated carbocycles. The predicted molar refractivity (Wildman–Crippen MR) is 66.6 cm³/mol. The van der Waals surface area contributed by atoms with E-state index in [0.29, 0.717) is 13.0 Å². The van der Waals surface area contributed by atoms with Crippen molar-refractivity contribution in [3.63, 3.8) is 0 Å². The number of aryl methyl sites for hydroxylation is 1. The fourth-order valence-electron chi connectivity index (χ4n) is 2.23. The number of benzene rings is 1. The summed E-state index contributed by atoms with van der Waals surface area (Å²) in [6.07, 6.45) is 3.61. The molecule has 0 aliphatic heterocycles. The van der Waals surface area contributed by atoms with E-state index in [1.165, 1.54) is 6.07 Å². The van der Waals surface area contributed by atoms with Gasteiger partial charge in [0, 0.05) is 24.2 Å². The molecule has 2 aromatic rings. The molecule has 2 rings (SSSR count). The Hall–Kier alpha value is -1.55. The maximum absolute atomic E-state index is 13.3. The van der Waals surface area contributed by atoms with Crippen LogP contribution < -0.4 is 5.73 Å². The van der Waals surface area contributed by atoms with E-state index in [-0.39, 0.29) is 5.75 Å². The first-order chi connectivity index (χ1) is 8.17. The summed E-state index contributed by atoms with van der Waals surface area (Å²) in [5.41, 5.74) is 7.27. The molecular formula is C13H17FN2O. The highest BCUT2D eigenvalue weighted by Gasteiger charge is 2.13.